The Morgan fingerprint density at radius 2 is 1.83 bits per heavy atom. The SMILES string of the molecule is CCOC(=O)COC1CCN(C(=O)[C@H](C)NC(=O)c2ccc(/C(N)=N/O)cc2)CC1. The molecule has 0 unspecified atom stereocenters. The number of oxime groups is 1. The van der Waals surface area contributed by atoms with Gasteiger partial charge in [0.2, 0.25) is 5.91 Å². The van der Waals surface area contributed by atoms with Crippen molar-refractivity contribution < 1.29 is 29.1 Å². The van der Waals surface area contributed by atoms with Gasteiger partial charge in [0.25, 0.3) is 5.91 Å². The number of rotatable bonds is 8. The van der Waals surface area contributed by atoms with Gasteiger partial charge in [-0.1, -0.05) is 17.3 Å². The van der Waals surface area contributed by atoms with Crippen molar-refractivity contribution in [3.05, 3.63) is 35.4 Å². The van der Waals surface area contributed by atoms with Gasteiger partial charge in [0, 0.05) is 24.2 Å². The van der Waals surface area contributed by atoms with Crippen molar-refractivity contribution in [1.82, 2.24) is 10.2 Å². The highest BCUT2D eigenvalue weighted by atomic mass is 16.6. The van der Waals surface area contributed by atoms with Crippen molar-refractivity contribution in [2.45, 2.75) is 38.8 Å². The zero-order valence-corrected chi connectivity index (χ0v) is 17.2. The van der Waals surface area contributed by atoms with Gasteiger partial charge in [0.15, 0.2) is 5.84 Å². The Morgan fingerprint density at radius 1 is 1.23 bits per heavy atom. The topological polar surface area (TPSA) is 144 Å². The molecule has 10 nitrogen and oxygen atoms in total. The van der Waals surface area contributed by atoms with Crippen LogP contribution in [0.25, 0.3) is 0 Å². The second-order valence-corrected chi connectivity index (χ2v) is 6.90. The first-order chi connectivity index (χ1) is 14.3. The second kappa shape index (κ2) is 11.1. The Morgan fingerprint density at radius 3 is 2.40 bits per heavy atom. The van der Waals surface area contributed by atoms with E-state index in [1.54, 1.807) is 30.9 Å². The van der Waals surface area contributed by atoms with Crippen molar-refractivity contribution in [1.29, 1.82) is 0 Å². The minimum Gasteiger partial charge on any atom is -0.464 e. The fourth-order valence-electron chi connectivity index (χ4n) is 3.10. The van der Waals surface area contributed by atoms with E-state index >= 15 is 0 Å². The minimum absolute atomic E-state index is 0.0554. The summed E-state index contributed by atoms with van der Waals surface area (Å²) >= 11 is 0. The van der Waals surface area contributed by atoms with E-state index in [4.69, 9.17) is 20.4 Å². The number of amides is 2. The smallest absolute Gasteiger partial charge is 0.332 e. The zero-order chi connectivity index (χ0) is 22.1. The van der Waals surface area contributed by atoms with Crippen molar-refractivity contribution in [2.24, 2.45) is 10.9 Å². The Hall–Kier alpha value is -3.14. The first-order valence-electron chi connectivity index (χ1n) is 9.80. The number of hydrogen-bond acceptors (Lipinski definition) is 7. The highest BCUT2D eigenvalue weighted by Gasteiger charge is 2.27. The van der Waals surface area contributed by atoms with Crippen LogP contribution in [0.1, 0.15) is 42.6 Å². The summed E-state index contributed by atoms with van der Waals surface area (Å²) in [6, 6.07) is 5.48. The number of carbonyl (C=O) groups excluding carboxylic acids is 3. The van der Waals surface area contributed by atoms with Gasteiger partial charge in [0.05, 0.1) is 12.7 Å². The number of nitrogens with one attached hydrogen (secondary N) is 1. The minimum atomic E-state index is -0.696. The summed E-state index contributed by atoms with van der Waals surface area (Å²) in [6.45, 7) is 4.57. The van der Waals surface area contributed by atoms with E-state index in [0.717, 1.165) is 0 Å². The van der Waals surface area contributed by atoms with Crippen molar-refractivity contribution in [3.8, 4) is 0 Å². The van der Waals surface area contributed by atoms with Crippen molar-refractivity contribution in [3.63, 3.8) is 0 Å². The zero-order valence-electron chi connectivity index (χ0n) is 17.2. The fourth-order valence-corrected chi connectivity index (χ4v) is 3.10. The average Bonchev–Trinajstić information content (AvgIpc) is 2.77. The third-order valence-corrected chi connectivity index (χ3v) is 4.76. The summed E-state index contributed by atoms with van der Waals surface area (Å²) in [4.78, 5) is 38.1. The summed E-state index contributed by atoms with van der Waals surface area (Å²) < 4.78 is 10.4. The Bertz CT molecular complexity index is 772. The number of likely N-dealkylation sites (tertiary alicyclic amines) is 1. The Labute approximate surface area is 175 Å². The molecule has 0 radical (unpaired) electrons. The van der Waals surface area contributed by atoms with Gasteiger partial charge in [-0.2, -0.15) is 0 Å². The molecule has 4 N–H and O–H groups in total. The van der Waals surface area contributed by atoms with Gasteiger partial charge in [-0.15, -0.1) is 0 Å². The molecular formula is C20H28N4O6. The number of hydrogen-bond donors (Lipinski definition) is 3. The molecule has 1 atom stereocenters. The molecule has 1 saturated heterocycles. The quantitative estimate of drug-likeness (QED) is 0.182. The monoisotopic (exact) mass is 420 g/mol. The van der Waals surface area contributed by atoms with E-state index < -0.39 is 17.9 Å². The molecular weight excluding hydrogens is 392 g/mol. The third-order valence-electron chi connectivity index (χ3n) is 4.76. The van der Waals surface area contributed by atoms with Gasteiger partial charge in [0.1, 0.15) is 12.6 Å². The molecule has 1 fully saturated rings. The molecule has 0 saturated carbocycles. The summed E-state index contributed by atoms with van der Waals surface area (Å²) in [5, 5.41) is 14.3. The van der Waals surface area contributed by atoms with Crippen LogP contribution < -0.4 is 11.1 Å². The lowest BCUT2D eigenvalue weighted by molar-refractivity contribution is -0.152. The fraction of sp³-hybridized carbons (Fsp3) is 0.500. The Balaban J connectivity index is 1.80. The van der Waals surface area contributed by atoms with Crippen LogP contribution in [-0.2, 0) is 19.1 Å². The van der Waals surface area contributed by atoms with Crippen molar-refractivity contribution in [2.75, 3.05) is 26.3 Å². The predicted octanol–water partition coefficient (Wildman–Crippen LogP) is 0.470. The largest absolute Gasteiger partial charge is 0.464 e. The molecule has 0 bridgehead atoms. The number of esters is 1. The molecule has 164 valence electrons. The van der Waals surface area contributed by atoms with E-state index in [1.165, 1.54) is 12.1 Å². The second-order valence-electron chi connectivity index (χ2n) is 6.90. The van der Waals surface area contributed by atoms with Crippen LogP contribution >= 0.6 is 0 Å². The third kappa shape index (κ3) is 6.45. The van der Waals surface area contributed by atoms with Crippen LogP contribution in [0, 0.1) is 0 Å². The molecule has 0 spiro atoms. The van der Waals surface area contributed by atoms with E-state index in [2.05, 4.69) is 10.5 Å². The van der Waals surface area contributed by atoms with E-state index in [1.807, 2.05) is 0 Å². The van der Waals surface area contributed by atoms with E-state index in [9.17, 15) is 14.4 Å². The number of amidine groups is 1. The highest BCUT2D eigenvalue weighted by molar-refractivity contribution is 6.00. The number of piperidine rings is 1. The maximum absolute atomic E-state index is 12.6. The van der Waals surface area contributed by atoms with Crippen LogP contribution in [0.5, 0.6) is 0 Å². The van der Waals surface area contributed by atoms with E-state index in [-0.39, 0.29) is 24.5 Å². The molecule has 1 aliphatic heterocycles. The molecule has 2 rings (SSSR count). The molecule has 10 heteroatoms. The van der Waals surface area contributed by atoms with Crippen LogP contribution in [0.4, 0.5) is 0 Å². The molecule has 0 aliphatic carbocycles. The number of ether oxygens (including phenoxy) is 2. The Kier molecular flexibility index (Phi) is 8.60. The summed E-state index contributed by atoms with van der Waals surface area (Å²) in [5.74, 6) is -1.03. The lowest BCUT2D eigenvalue weighted by atomic mass is 10.1. The predicted molar refractivity (Wildman–Crippen MR) is 108 cm³/mol. The lowest BCUT2D eigenvalue weighted by Crippen LogP contribution is -2.50. The number of nitrogens with two attached hydrogens (primary N) is 1. The maximum atomic E-state index is 12.6. The van der Waals surface area contributed by atoms with Crippen LogP contribution in [0.3, 0.4) is 0 Å². The normalized spacial score (nSPS) is 16.1. The maximum Gasteiger partial charge on any atom is 0.332 e. The van der Waals surface area contributed by atoms with Gasteiger partial charge >= 0.3 is 5.97 Å². The first kappa shape index (κ1) is 23.1. The van der Waals surface area contributed by atoms with Crippen LogP contribution in [-0.4, -0.2) is 72.2 Å². The van der Waals surface area contributed by atoms with Crippen LogP contribution in [0.2, 0.25) is 0 Å². The number of nitrogens with zero attached hydrogens (tertiary/aromatic N) is 2. The summed E-state index contributed by atoms with van der Waals surface area (Å²) in [5.41, 5.74) is 6.33. The molecule has 30 heavy (non-hydrogen) atoms. The van der Waals surface area contributed by atoms with Gasteiger partial charge < -0.3 is 30.6 Å². The highest BCUT2D eigenvalue weighted by Crippen LogP contribution is 2.15. The molecule has 1 aliphatic rings. The number of benzene rings is 1. The van der Waals surface area contributed by atoms with Gasteiger partial charge in [-0.3, -0.25) is 9.59 Å². The van der Waals surface area contributed by atoms with Crippen molar-refractivity contribution >= 4 is 23.6 Å². The molecule has 1 heterocycles. The summed E-state index contributed by atoms with van der Waals surface area (Å²) in [7, 11) is 0. The van der Waals surface area contributed by atoms with Crippen LogP contribution in [0.15, 0.2) is 29.4 Å². The molecule has 2 amide bonds. The summed E-state index contributed by atoms with van der Waals surface area (Å²) in [6.07, 6.45) is 1.12. The molecule has 1 aromatic rings. The van der Waals surface area contributed by atoms with E-state index in [0.29, 0.717) is 43.7 Å². The lowest BCUT2D eigenvalue weighted by Gasteiger charge is -2.33. The van der Waals surface area contributed by atoms with Gasteiger partial charge in [-0.25, -0.2) is 4.79 Å². The molecule has 1 aromatic carbocycles. The van der Waals surface area contributed by atoms with Gasteiger partial charge in [-0.05, 0) is 38.8 Å². The standard InChI is InChI=1S/C20H28N4O6/c1-3-29-17(25)12-30-16-8-10-24(11-9-16)20(27)13(2)22-19(26)15-6-4-14(5-7-15)18(21)23-28/h4-7,13,16,28H,3,8-12H2,1-2H3,(H2,21,23)(H,22,26)/t13-/m0/s1. The average molecular weight is 420 g/mol. The number of carbonyl (C=O) groups is 3. The molecule has 0 aromatic heterocycles. The first-order valence-corrected chi connectivity index (χ1v) is 9.80.